The zero-order valence-electron chi connectivity index (χ0n) is 15.6. The maximum absolute atomic E-state index is 11.6. The summed E-state index contributed by atoms with van der Waals surface area (Å²) in [6.45, 7) is 2.64. The highest BCUT2D eigenvalue weighted by molar-refractivity contribution is 7.07. The summed E-state index contributed by atoms with van der Waals surface area (Å²) in [5, 5.41) is 18.4. The first-order valence-electron chi connectivity index (χ1n) is 9.00. The van der Waals surface area contributed by atoms with Crippen LogP contribution in [0.2, 0.25) is 0 Å². The first kappa shape index (κ1) is 18.7. The standard InChI is InChI=1S/C21H17N5O2S/c1-2-23-21-26(24-11-15-5-3-14(10-22)4-6-15)18(13-29-21)16-7-8-19-17(9-16)25-20(27)12-28-19/h3-9,11,13H,2,12H2,1H3,(H,25,27). The van der Waals surface area contributed by atoms with E-state index in [0.717, 1.165) is 21.6 Å². The van der Waals surface area contributed by atoms with E-state index in [1.165, 1.54) is 11.3 Å². The molecule has 0 saturated heterocycles. The van der Waals surface area contributed by atoms with Gasteiger partial charge in [-0.1, -0.05) is 12.1 Å². The summed E-state index contributed by atoms with van der Waals surface area (Å²) in [7, 11) is 0. The van der Waals surface area contributed by atoms with Gasteiger partial charge in [0, 0.05) is 17.5 Å². The molecule has 0 spiro atoms. The lowest BCUT2D eigenvalue weighted by atomic mass is 10.1. The lowest BCUT2D eigenvalue weighted by molar-refractivity contribution is -0.118. The molecule has 0 radical (unpaired) electrons. The smallest absolute Gasteiger partial charge is 0.262 e. The van der Waals surface area contributed by atoms with Crippen LogP contribution in [0.3, 0.4) is 0 Å². The lowest BCUT2D eigenvalue weighted by Crippen LogP contribution is -2.25. The Bertz CT molecular complexity index is 1200. The summed E-state index contributed by atoms with van der Waals surface area (Å²) in [5.41, 5.74) is 3.87. The molecule has 8 heteroatoms. The number of thiazole rings is 1. The van der Waals surface area contributed by atoms with Crippen LogP contribution in [0.1, 0.15) is 18.1 Å². The Morgan fingerprint density at radius 1 is 1.31 bits per heavy atom. The number of aromatic nitrogens is 1. The van der Waals surface area contributed by atoms with Crippen molar-refractivity contribution in [1.29, 1.82) is 5.26 Å². The monoisotopic (exact) mass is 403 g/mol. The highest BCUT2D eigenvalue weighted by Gasteiger charge is 2.17. The summed E-state index contributed by atoms with van der Waals surface area (Å²) in [6, 6.07) is 14.9. The number of fused-ring (bicyclic) bond motifs is 1. The van der Waals surface area contributed by atoms with E-state index in [1.54, 1.807) is 23.0 Å². The zero-order chi connectivity index (χ0) is 20.2. The molecule has 2 aromatic carbocycles. The van der Waals surface area contributed by atoms with Gasteiger partial charge < -0.3 is 10.1 Å². The Morgan fingerprint density at radius 2 is 2.14 bits per heavy atom. The summed E-state index contributed by atoms with van der Waals surface area (Å²) < 4.78 is 7.21. The molecule has 1 N–H and O–H groups in total. The average Bonchev–Trinajstić information content (AvgIpc) is 3.15. The molecule has 0 unspecified atom stereocenters. The number of carbonyl (C=O) groups is 1. The van der Waals surface area contributed by atoms with E-state index in [2.05, 4.69) is 21.5 Å². The van der Waals surface area contributed by atoms with Gasteiger partial charge in [0.2, 0.25) is 4.80 Å². The Morgan fingerprint density at radius 3 is 2.90 bits per heavy atom. The summed E-state index contributed by atoms with van der Waals surface area (Å²) >= 11 is 1.50. The molecule has 4 rings (SSSR count). The molecule has 144 valence electrons. The van der Waals surface area contributed by atoms with Crippen molar-refractivity contribution in [2.24, 2.45) is 10.1 Å². The SMILES string of the molecule is CCN=c1scc(-c2ccc3c(c2)NC(=O)CO3)n1N=Cc1ccc(C#N)cc1. The summed E-state index contributed by atoms with van der Waals surface area (Å²) in [6.07, 6.45) is 1.73. The predicted molar refractivity (Wildman–Crippen MR) is 112 cm³/mol. The number of carbonyl (C=O) groups excluding carboxylic acids is 1. The van der Waals surface area contributed by atoms with Crippen molar-refractivity contribution in [1.82, 2.24) is 4.68 Å². The van der Waals surface area contributed by atoms with Crippen LogP contribution in [0.4, 0.5) is 5.69 Å². The number of rotatable bonds is 4. The van der Waals surface area contributed by atoms with Crippen molar-refractivity contribution in [2.45, 2.75) is 6.92 Å². The minimum atomic E-state index is -0.173. The Labute approximate surface area is 171 Å². The molecule has 1 aliphatic rings. The maximum Gasteiger partial charge on any atom is 0.262 e. The number of nitriles is 1. The molecule has 0 aliphatic carbocycles. The minimum absolute atomic E-state index is 0.0270. The number of benzene rings is 2. The van der Waals surface area contributed by atoms with Crippen LogP contribution in [0.5, 0.6) is 5.75 Å². The van der Waals surface area contributed by atoms with Crippen molar-refractivity contribution in [3.8, 4) is 23.1 Å². The third-order valence-corrected chi connectivity index (χ3v) is 5.10. The fourth-order valence-corrected chi connectivity index (χ4v) is 3.77. The topological polar surface area (TPSA) is 91.8 Å². The van der Waals surface area contributed by atoms with Crippen LogP contribution >= 0.6 is 11.3 Å². The fraction of sp³-hybridized carbons (Fsp3) is 0.143. The third kappa shape index (κ3) is 3.95. The van der Waals surface area contributed by atoms with Crippen LogP contribution in [0.25, 0.3) is 11.3 Å². The van der Waals surface area contributed by atoms with Gasteiger partial charge in [0.1, 0.15) is 5.75 Å². The molecule has 0 saturated carbocycles. The van der Waals surface area contributed by atoms with Crippen molar-refractivity contribution in [3.63, 3.8) is 0 Å². The molecule has 2 heterocycles. The Hall–Kier alpha value is -3.70. The largest absolute Gasteiger partial charge is 0.482 e. The van der Waals surface area contributed by atoms with Crippen LogP contribution < -0.4 is 14.9 Å². The molecule has 0 atom stereocenters. The number of hydrogen-bond acceptors (Lipinski definition) is 6. The van der Waals surface area contributed by atoms with Gasteiger partial charge in [-0.15, -0.1) is 11.3 Å². The van der Waals surface area contributed by atoms with Gasteiger partial charge in [0.15, 0.2) is 6.61 Å². The number of nitrogens with zero attached hydrogens (tertiary/aromatic N) is 4. The van der Waals surface area contributed by atoms with Crippen molar-refractivity contribution in [2.75, 3.05) is 18.5 Å². The number of ether oxygens (including phenoxy) is 1. The van der Waals surface area contributed by atoms with E-state index in [0.29, 0.717) is 23.5 Å². The zero-order valence-corrected chi connectivity index (χ0v) is 16.4. The van der Waals surface area contributed by atoms with Crippen LogP contribution in [-0.2, 0) is 4.79 Å². The van der Waals surface area contributed by atoms with E-state index in [-0.39, 0.29) is 12.5 Å². The Kier molecular flexibility index (Phi) is 5.22. The molecular weight excluding hydrogens is 386 g/mol. The van der Waals surface area contributed by atoms with Gasteiger partial charge in [-0.25, -0.2) is 4.68 Å². The first-order valence-corrected chi connectivity index (χ1v) is 9.88. The number of hydrogen-bond donors (Lipinski definition) is 1. The van der Waals surface area contributed by atoms with Crippen molar-refractivity contribution >= 4 is 29.1 Å². The fourth-order valence-electron chi connectivity index (χ4n) is 2.86. The van der Waals surface area contributed by atoms with E-state index >= 15 is 0 Å². The lowest BCUT2D eigenvalue weighted by Gasteiger charge is -2.18. The molecule has 1 aromatic heterocycles. The van der Waals surface area contributed by atoms with Crippen LogP contribution in [0, 0.1) is 11.3 Å². The molecule has 1 aliphatic heterocycles. The van der Waals surface area contributed by atoms with Gasteiger partial charge >= 0.3 is 0 Å². The maximum atomic E-state index is 11.6. The Balaban J connectivity index is 1.74. The minimum Gasteiger partial charge on any atom is -0.482 e. The van der Waals surface area contributed by atoms with E-state index in [9.17, 15) is 4.79 Å². The molecule has 29 heavy (non-hydrogen) atoms. The summed E-state index contributed by atoms with van der Waals surface area (Å²) in [5.74, 6) is 0.475. The number of amides is 1. The average molecular weight is 403 g/mol. The molecule has 1 amide bonds. The highest BCUT2D eigenvalue weighted by atomic mass is 32.1. The molecular formula is C21H17N5O2S. The number of nitrogens with one attached hydrogen (secondary N) is 1. The van der Waals surface area contributed by atoms with E-state index < -0.39 is 0 Å². The van der Waals surface area contributed by atoms with Gasteiger partial charge in [0.05, 0.1) is 29.2 Å². The normalized spacial score (nSPS) is 13.7. The van der Waals surface area contributed by atoms with Gasteiger partial charge in [0.25, 0.3) is 5.91 Å². The van der Waals surface area contributed by atoms with Crippen molar-refractivity contribution < 1.29 is 9.53 Å². The molecule has 0 bridgehead atoms. The van der Waals surface area contributed by atoms with E-state index in [4.69, 9.17) is 10.00 Å². The van der Waals surface area contributed by atoms with Gasteiger partial charge in [-0.2, -0.15) is 10.4 Å². The van der Waals surface area contributed by atoms with Crippen LogP contribution in [0.15, 0.2) is 57.9 Å². The number of anilines is 1. The molecule has 3 aromatic rings. The second kappa shape index (κ2) is 8.12. The van der Waals surface area contributed by atoms with Gasteiger partial charge in [-0.3, -0.25) is 9.79 Å². The third-order valence-electron chi connectivity index (χ3n) is 4.25. The second-order valence-corrected chi connectivity index (χ2v) is 7.05. The quantitative estimate of drug-likeness (QED) is 0.678. The predicted octanol–water partition coefficient (Wildman–Crippen LogP) is 3.22. The van der Waals surface area contributed by atoms with Gasteiger partial charge in [-0.05, 0) is 42.8 Å². The van der Waals surface area contributed by atoms with Crippen LogP contribution in [-0.4, -0.2) is 29.9 Å². The highest BCUT2D eigenvalue weighted by Crippen LogP contribution is 2.32. The first-order chi connectivity index (χ1) is 14.2. The second-order valence-electron chi connectivity index (χ2n) is 6.22. The van der Waals surface area contributed by atoms with Crippen molar-refractivity contribution in [3.05, 3.63) is 63.8 Å². The van der Waals surface area contributed by atoms with E-state index in [1.807, 2.05) is 42.6 Å². The summed E-state index contributed by atoms with van der Waals surface area (Å²) in [4.78, 5) is 16.9. The molecule has 7 nitrogen and oxygen atoms in total. The molecule has 0 fully saturated rings.